The molecule has 3 rings (SSSR count). The Balaban J connectivity index is 1.60. The number of benzene rings is 2. The Hall–Kier alpha value is -1.64. The second-order valence-corrected chi connectivity index (χ2v) is 8.07. The molecule has 1 aliphatic rings. The summed E-state index contributed by atoms with van der Waals surface area (Å²) in [6, 6.07) is 11.4. The number of alkyl halides is 2. The lowest BCUT2D eigenvalue weighted by Crippen LogP contribution is -2.37. The first-order valence-corrected chi connectivity index (χ1v) is 10.6. The molecule has 0 unspecified atom stereocenters. The van der Waals surface area contributed by atoms with Crippen LogP contribution in [0.15, 0.2) is 36.4 Å². The van der Waals surface area contributed by atoms with Crippen LogP contribution in [0.4, 0.5) is 8.78 Å². The minimum absolute atomic E-state index is 0.266. The zero-order valence-electron chi connectivity index (χ0n) is 16.6. The molecule has 0 aliphatic heterocycles. The second kappa shape index (κ2) is 9.03. The minimum atomic E-state index is -3.09. The summed E-state index contributed by atoms with van der Waals surface area (Å²) in [5, 5.41) is 2.01. The highest BCUT2D eigenvalue weighted by Gasteiger charge is 2.43. The van der Waals surface area contributed by atoms with E-state index in [1.54, 1.807) is 12.1 Å². The van der Waals surface area contributed by atoms with Gasteiger partial charge in [0, 0.05) is 0 Å². The lowest BCUT2D eigenvalue weighted by atomic mass is 9.79. The molecule has 0 spiro atoms. The van der Waals surface area contributed by atoms with Gasteiger partial charge in [-0.1, -0.05) is 63.8 Å². The fraction of sp³-hybridized carbons (Fsp3) is 0.583. The number of fused-ring (bicyclic) bond motifs is 1. The van der Waals surface area contributed by atoms with Gasteiger partial charge in [0.05, 0.1) is 5.92 Å². The molecule has 0 amide bonds. The molecule has 2 aromatic carbocycles. The number of unbranched alkanes of at least 4 members (excludes halogenated alkanes) is 2. The van der Waals surface area contributed by atoms with E-state index in [-0.39, 0.29) is 5.75 Å². The van der Waals surface area contributed by atoms with Gasteiger partial charge in [0.25, 0.3) is 0 Å². The monoisotopic (exact) mass is 374 g/mol. The van der Waals surface area contributed by atoms with Crippen LogP contribution in [0.3, 0.4) is 0 Å². The van der Waals surface area contributed by atoms with E-state index in [1.807, 2.05) is 18.2 Å². The van der Waals surface area contributed by atoms with Crippen molar-refractivity contribution in [3.05, 3.63) is 42.0 Å². The van der Waals surface area contributed by atoms with Crippen LogP contribution in [0, 0.1) is 11.8 Å². The molecule has 3 heteroatoms. The predicted molar refractivity (Wildman–Crippen MR) is 108 cm³/mol. The van der Waals surface area contributed by atoms with Crippen molar-refractivity contribution in [2.45, 2.75) is 77.7 Å². The van der Waals surface area contributed by atoms with Gasteiger partial charge >= 0.3 is 6.11 Å². The van der Waals surface area contributed by atoms with E-state index in [9.17, 15) is 8.78 Å². The smallest absolute Gasteiger partial charge is 0.400 e. The Kier molecular flexibility index (Phi) is 6.73. The van der Waals surface area contributed by atoms with Gasteiger partial charge in [-0.25, -0.2) is 0 Å². The summed E-state index contributed by atoms with van der Waals surface area (Å²) >= 11 is 0. The van der Waals surface area contributed by atoms with Gasteiger partial charge in [-0.05, 0) is 66.5 Å². The lowest BCUT2D eigenvalue weighted by molar-refractivity contribution is -0.223. The van der Waals surface area contributed by atoms with Crippen LogP contribution in [0.1, 0.15) is 70.8 Å². The first-order chi connectivity index (χ1) is 13.0. The number of halogens is 2. The normalized spacial score (nSPS) is 20.7. The van der Waals surface area contributed by atoms with Gasteiger partial charge in [0.2, 0.25) is 0 Å². The maximum absolute atomic E-state index is 14.7. The van der Waals surface area contributed by atoms with Crippen molar-refractivity contribution in [3.63, 3.8) is 0 Å². The number of ether oxygens (including phenoxy) is 1. The van der Waals surface area contributed by atoms with Crippen LogP contribution in [-0.4, -0.2) is 6.11 Å². The van der Waals surface area contributed by atoms with Crippen LogP contribution in [-0.2, 0) is 6.42 Å². The van der Waals surface area contributed by atoms with E-state index < -0.39 is 12.0 Å². The average molecular weight is 375 g/mol. The molecule has 1 nitrogen and oxygen atoms in total. The highest BCUT2D eigenvalue weighted by molar-refractivity contribution is 5.84. The van der Waals surface area contributed by atoms with Crippen molar-refractivity contribution in [3.8, 4) is 5.75 Å². The molecule has 0 saturated heterocycles. The van der Waals surface area contributed by atoms with E-state index in [0.29, 0.717) is 18.8 Å². The van der Waals surface area contributed by atoms with Gasteiger partial charge in [0.15, 0.2) is 0 Å². The fourth-order valence-electron chi connectivity index (χ4n) is 4.27. The lowest BCUT2D eigenvalue weighted by Gasteiger charge is -2.33. The summed E-state index contributed by atoms with van der Waals surface area (Å²) in [6.07, 6.45) is 5.71. The van der Waals surface area contributed by atoms with Gasteiger partial charge in [0.1, 0.15) is 5.75 Å². The third-order valence-electron chi connectivity index (χ3n) is 6.08. The second-order valence-electron chi connectivity index (χ2n) is 8.07. The topological polar surface area (TPSA) is 9.23 Å². The molecule has 0 N–H and O–H groups in total. The third-order valence-corrected chi connectivity index (χ3v) is 6.08. The van der Waals surface area contributed by atoms with Gasteiger partial charge < -0.3 is 4.74 Å². The number of hydrogen-bond donors (Lipinski definition) is 0. The molecular weight excluding hydrogens is 342 g/mol. The van der Waals surface area contributed by atoms with E-state index in [2.05, 4.69) is 19.9 Å². The molecule has 148 valence electrons. The summed E-state index contributed by atoms with van der Waals surface area (Å²) in [5.41, 5.74) is 1.25. The summed E-state index contributed by atoms with van der Waals surface area (Å²) in [6.45, 7) is 4.31. The molecular formula is C24H32F2O. The Labute approximate surface area is 162 Å². The van der Waals surface area contributed by atoms with Gasteiger partial charge in [-0.15, -0.1) is 0 Å². The Morgan fingerprint density at radius 3 is 2.33 bits per heavy atom. The van der Waals surface area contributed by atoms with E-state index in [0.717, 1.165) is 30.0 Å². The van der Waals surface area contributed by atoms with Crippen molar-refractivity contribution in [1.29, 1.82) is 0 Å². The molecule has 0 heterocycles. The van der Waals surface area contributed by atoms with E-state index >= 15 is 0 Å². The SMILES string of the molecule is CCCCCC1CCC(C(F)(F)Oc2ccc3cc(CC)ccc3c2)CC1. The molecule has 1 fully saturated rings. The van der Waals surface area contributed by atoms with Crippen LogP contribution in [0.2, 0.25) is 0 Å². The third kappa shape index (κ3) is 5.21. The molecule has 1 aliphatic carbocycles. The highest BCUT2D eigenvalue weighted by atomic mass is 19.3. The standard InChI is InChI=1S/C24H32F2O/c1-3-5-6-7-19-9-13-22(14-10-19)24(25,26)27-23-15-12-20-16-18(4-2)8-11-21(20)17-23/h8,11-12,15-17,19,22H,3-7,9-10,13-14H2,1-2H3. The maximum atomic E-state index is 14.7. The van der Waals surface area contributed by atoms with Crippen molar-refractivity contribution in [2.24, 2.45) is 11.8 Å². The quantitative estimate of drug-likeness (QED) is 0.429. The zero-order chi connectivity index (χ0) is 19.3. The van der Waals surface area contributed by atoms with Crippen LogP contribution in [0.5, 0.6) is 5.75 Å². The van der Waals surface area contributed by atoms with Crippen molar-refractivity contribution in [2.75, 3.05) is 0 Å². The zero-order valence-corrected chi connectivity index (χ0v) is 16.6. The molecule has 1 saturated carbocycles. The van der Waals surface area contributed by atoms with Gasteiger partial charge in [-0.2, -0.15) is 8.78 Å². The van der Waals surface area contributed by atoms with Crippen LogP contribution < -0.4 is 4.74 Å². The van der Waals surface area contributed by atoms with Crippen molar-refractivity contribution >= 4 is 10.8 Å². The Morgan fingerprint density at radius 2 is 1.63 bits per heavy atom. The summed E-state index contributed by atoms with van der Waals surface area (Å²) < 4.78 is 34.7. The first-order valence-electron chi connectivity index (χ1n) is 10.6. The highest BCUT2D eigenvalue weighted by Crippen LogP contribution is 2.41. The van der Waals surface area contributed by atoms with Crippen LogP contribution in [0.25, 0.3) is 10.8 Å². The van der Waals surface area contributed by atoms with E-state index in [1.165, 1.54) is 31.2 Å². The first kappa shape index (κ1) is 20.1. The Morgan fingerprint density at radius 1 is 0.926 bits per heavy atom. The molecule has 0 atom stereocenters. The largest absolute Gasteiger partial charge is 0.432 e. The minimum Gasteiger partial charge on any atom is -0.432 e. The summed E-state index contributed by atoms with van der Waals surface area (Å²) in [5.74, 6) is 0.219. The summed E-state index contributed by atoms with van der Waals surface area (Å²) in [7, 11) is 0. The molecule has 2 aromatic rings. The number of hydrogen-bond acceptors (Lipinski definition) is 1. The van der Waals surface area contributed by atoms with Crippen molar-refractivity contribution < 1.29 is 13.5 Å². The fourth-order valence-corrected chi connectivity index (χ4v) is 4.27. The molecule has 0 aromatic heterocycles. The number of rotatable bonds is 8. The van der Waals surface area contributed by atoms with Crippen LogP contribution >= 0.6 is 0 Å². The molecule has 27 heavy (non-hydrogen) atoms. The van der Waals surface area contributed by atoms with E-state index in [4.69, 9.17) is 4.74 Å². The summed E-state index contributed by atoms with van der Waals surface area (Å²) in [4.78, 5) is 0. The number of aryl methyl sites for hydroxylation is 1. The Bertz CT molecular complexity index is 732. The molecule has 0 bridgehead atoms. The maximum Gasteiger partial charge on any atom is 0.400 e. The predicted octanol–water partition coefficient (Wildman–Crippen LogP) is 7.76. The van der Waals surface area contributed by atoms with Crippen molar-refractivity contribution in [1.82, 2.24) is 0 Å². The van der Waals surface area contributed by atoms with Gasteiger partial charge in [-0.3, -0.25) is 0 Å². The molecule has 0 radical (unpaired) electrons. The average Bonchev–Trinajstić information content (AvgIpc) is 2.68.